The molecule has 4 nitrogen and oxygen atoms in total. The van der Waals surface area contributed by atoms with E-state index in [2.05, 4.69) is 10.2 Å². The lowest BCUT2D eigenvalue weighted by Crippen LogP contribution is -2.49. The zero-order chi connectivity index (χ0) is 8.81. The average Bonchev–Trinajstić information content (AvgIpc) is 2.15. The lowest BCUT2D eigenvalue weighted by Gasteiger charge is -2.30. The monoisotopic (exact) mass is 171 g/mol. The average molecular weight is 171 g/mol. The van der Waals surface area contributed by atoms with Crippen molar-refractivity contribution in [2.24, 2.45) is 0 Å². The van der Waals surface area contributed by atoms with E-state index in [1.165, 1.54) is 0 Å². The summed E-state index contributed by atoms with van der Waals surface area (Å²) in [5.41, 5.74) is 0. The number of hydrogen-bond donors (Lipinski definition) is 2. The van der Waals surface area contributed by atoms with E-state index in [0.29, 0.717) is 6.42 Å². The van der Waals surface area contributed by atoms with Gasteiger partial charge in [-0.3, -0.25) is 9.69 Å². The lowest BCUT2D eigenvalue weighted by atomic mass is 10.2. The number of aliphatic hydroxyl groups excluding tert-OH is 1. The minimum atomic E-state index is -0.211. The number of aliphatic hydroxyl groups is 1. The van der Waals surface area contributed by atoms with Crippen LogP contribution >= 0.6 is 0 Å². The van der Waals surface area contributed by atoms with Gasteiger partial charge in [0.15, 0.2) is 0 Å². The van der Waals surface area contributed by atoms with E-state index in [1.807, 2.05) is 6.29 Å². The number of hydrogen-bond acceptors (Lipinski definition) is 4. The van der Waals surface area contributed by atoms with Crippen molar-refractivity contribution in [2.75, 3.05) is 32.8 Å². The Morgan fingerprint density at radius 3 is 2.67 bits per heavy atom. The van der Waals surface area contributed by atoms with Crippen LogP contribution in [0.1, 0.15) is 6.42 Å². The first-order valence-corrected chi connectivity index (χ1v) is 4.32. The highest BCUT2D eigenvalue weighted by Crippen LogP contribution is 2.02. The van der Waals surface area contributed by atoms with Crippen LogP contribution in [0.2, 0.25) is 0 Å². The minimum absolute atomic E-state index is 0.0594. The molecule has 1 atom stereocenters. The quantitative estimate of drug-likeness (QED) is 0.555. The molecule has 4 heteroatoms. The van der Waals surface area contributed by atoms with Crippen molar-refractivity contribution in [3.05, 3.63) is 0 Å². The summed E-state index contributed by atoms with van der Waals surface area (Å²) >= 11 is 0. The molecule has 12 heavy (non-hydrogen) atoms. The standard InChI is InChI=1S/C8H15N2O2/c11-6-1-8(7-12)10-4-2-9-3-5-10/h8-9,11H,1-6H2. The predicted molar refractivity (Wildman–Crippen MR) is 45.6 cm³/mol. The summed E-state index contributed by atoms with van der Waals surface area (Å²) in [6.45, 7) is 3.65. The maximum atomic E-state index is 10.5. The number of carbonyl (C=O) groups excluding carboxylic acids is 1. The highest BCUT2D eigenvalue weighted by Gasteiger charge is 2.19. The molecular weight excluding hydrogens is 156 g/mol. The summed E-state index contributed by atoms with van der Waals surface area (Å²) in [6.07, 6.45) is 2.46. The van der Waals surface area contributed by atoms with Crippen LogP contribution in [0.15, 0.2) is 0 Å². The van der Waals surface area contributed by atoms with Gasteiger partial charge in [-0.25, -0.2) is 0 Å². The molecule has 69 valence electrons. The Labute approximate surface area is 72.6 Å². The fourth-order valence-electron chi connectivity index (χ4n) is 1.43. The van der Waals surface area contributed by atoms with Crippen LogP contribution in [0, 0.1) is 0 Å². The molecule has 1 aliphatic heterocycles. The zero-order valence-electron chi connectivity index (χ0n) is 7.12. The molecule has 1 aliphatic rings. The molecule has 0 amide bonds. The van der Waals surface area contributed by atoms with Crippen molar-refractivity contribution in [1.29, 1.82) is 0 Å². The van der Waals surface area contributed by atoms with Crippen LogP contribution in [0.5, 0.6) is 0 Å². The number of nitrogens with zero attached hydrogens (tertiary/aromatic N) is 1. The third-order valence-corrected chi connectivity index (χ3v) is 2.13. The van der Waals surface area contributed by atoms with Gasteiger partial charge < -0.3 is 10.4 Å². The third kappa shape index (κ3) is 2.55. The van der Waals surface area contributed by atoms with Gasteiger partial charge in [0, 0.05) is 32.8 Å². The fraction of sp³-hybridized carbons (Fsp3) is 0.875. The Bertz CT molecular complexity index is 135. The fourth-order valence-corrected chi connectivity index (χ4v) is 1.43. The Morgan fingerprint density at radius 2 is 2.17 bits per heavy atom. The number of nitrogens with one attached hydrogen (secondary N) is 1. The van der Waals surface area contributed by atoms with Gasteiger partial charge in [0.1, 0.15) is 0 Å². The summed E-state index contributed by atoms with van der Waals surface area (Å²) in [4.78, 5) is 12.6. The molecule has 1 unspecified atom stereocenters. The summed E-state index contributed by atoms with van der Waals surface area (Å²) < 4.78 is 0. The number of piperazine rings is 1. The molecule has 0 saturated carbocycles. The maximum absolute atomic E-state index is 10.5. The van der Waals surface area contributed by atoms with Gasteiger partial charge in [0.25, 0.3) is 0 Å². The van der Waals surface area contributed by atoms with Crippen molar-refractivity contribution in [3.63, 3.8) is 0 Å². The van der Waals surface area contributed by atoms with E-state index >= 15 is 0 Å². The molecule has 0 aromatic carbocycles. The first kappa shape index (κ1) is 9.64. The molecule has 1 rings (SSSR count). The van der Waals surface area contributed by atoms with Crippen LogP contribution in [0.4, 0.5) is 0 Å². The minimum Gasteiger partial charge on any atom is -0.396 e. The first-order valence-electron chi connectivity index (χ1n) is 4.32. The molecule has 0 spiro atoms. The van der Waals surface area contributed by atoms with Gasteiger partial charge in [0.2, 0.25) is 6.29 Å². The van der Waals surface area contributed by atoms with E-state index in [-0.39, 0.29) is 12.6 Å². The molecule has 0 aromatic heterocycles. The first-order chi connectivity index (χ1) is 5.88. The predicted octanol–water partition coefficient (Wildman–Crippen LogP) is -1.25. The van der Waals surface area contributed by atoms with Crippen molar-refractivity contribution >= 4 is 6.29 Å². The van der Waals surface area contributed by atoms with Crippen LogP contribution in [0.3, 0.4) is 0 Å². The molecule has 1 saturated heterocycles. The summed E-state index contributed by atoms with van der Waals surface area (Å²) in [5.74, 6) is 0. The smallest absolute Gasteiger partial charge is 0.217 e. The molecule has 0 bridgehead atoms. The highest BCUT2D eigenvalue weighted by atomic mass is 16.3. The van der Waals surface area contributed by atoms with Crippen molar-refractivity contribution in [2.45, 2.75) is 12.5 Å². The Kier molecular flexibility index (Phi) is 4.21. The van der Waals surface area contributed by atoms with Gasteiger partial charge in [-0.15, -0.1) is 0 Å². The second-order valence-electron chi connectivity index (χ2n) is 2.93. The largest absolute Gasteiger partial charge is 0.396 e. The van der Waals surface area contributed by atoms with Crippen LogP contribution < -0.4 is 5.32 Å². The normalized spacial score (nSPS) is 22.1. The van der Waals surface area contributed by atoms with Crippen LogP contribution in [-0.2, 0) is 4.79 Å². The molecule has 1 fully saturated rings. The zero-order valence-corrected chi connectivity index (χ0v) is 7.12. The second kappa shape index (κ2) is 5.24. The second-order valence-corrected chi connectivity index (χ2v) is 2.93. The molecular formula is C8H15N2O2. The van der Waals surface area contributed by atoms with Gasteiger partial charge in [-0.05, 0) is 6.42 Å². The molecule has 1 heterocycles. The Morgan fingerprint density at radius 1 is 1.50 bits per heavy atom. The van der Waals surface area contributed by atoms with E-state index in [1.54, 1.807) is 0 Å². The molecule has 0 aromatic rings. The summed E-state index contributed by atoms with van der Waals surface area (Å²) in [6, 6.07) is -0.211. The van der Waals surface area contributed by atoms with E-state index in [4.69, 9.17) is 5.11 Å². The van der Waals surface area contributed by atoms with Gasteiger partial charge in [-0.1, -0.05) is 0 Å². The Hall–Kier alpha value is -0.450. The molecule has 1 radical (unpaired) electrons. The number of rotatable bonds is 4. The van der Waals surface area contributed by atoms with Crippen molar-refractivity contribution in [1.82, 2.24) is 10.2 Å². The van der Waals surface area contributed by atoms with Gasteiger partial charge in [-0.2, -0.15) is 0 Å². The summed E-state index contributed by atoms with van der Waals surface area (Å²) in [7, 11) is 0. The topological polar surface area (TPSA) is 52.6 Å². The maximum Gasteiger partial charge on any atom is 0.217 e. The third-order valence-electron chi connectivity index (χ3n) is 2.13. The van der Waals surface area contributed by atoms with Crippen LogP contribution in [-0.4, -0.2) is 55.1 Å². The van der Waals surface area contributed by atoms with E-state index < -0.39 is 0 Å². The van der Waals surface area contributed by atoms with E-state index in [9.17, 15) is 4.79 Å². The van der Waals surface area contributed by atoms with Crippen molar-refractivity contribution in [3.8, 4) is 0 Å². The van der Waals surface area contributed by atoms with Crippen molar-refractivity contribution < 1.29 is 9.90 Å². The van der Waals surface area contributed by atoms with Gasteiger partial charge >= 0.3 is 0 Å². The molecule has 0 aliphatic carbocycles. The van der Waals surface area contributed by atoms with Crippen LogP contribution in [0.25, 0.3) is 0 Å². The molecule has 2 N–H and O–H groups in total. The SMILES string of the molecule is O=[C]C(CCO)N1CCNCC1. The van der Waals surface area contributed by atoms with E-state index in [0.717, 1.165) is 26.2 Å². The highest BCUT2D eigenvalue weighted by molar-refractivity contribution is 5.58. The lowest BCUT2D eigenvalue weighted by molar-refractivity contribution is 0.175. The van der Waals surface area contributed by atoms with Gasteiger partial charge in [0.05, 0.1) is 6.04 Å². The Balaban J connectivity index is 2.34. The summed E-state index contributed by atoms with van der Waals surface area (Å²) in [5, 5.41) is 11.9.